The minimum atomic E-state index is -1.16. The minimum Gasteiger partial charge on any atom is -0.478 e. The lowest BCUT2D eigenvalue weighted by molar-refractivity contribution is -0.132. The highest BCUT2D eigenvalue weighted by atomic mass is 32.2. The second-order valence-electron chi connectivity index (χ2n) is 9.45. The first-order valence-electron chi connectivity index (χ1n) is 12.7. The molecule has 2 amide bonds. The Morgan fingerprint density at radius 3 is 2.42 bits per heavy atom. The topological polar surface area (TPSA) is 122 Å². The van der Waals surface area contributed by atoms with Crippen LogP contribution in [0.15, 0.2) is 71.1 Å². The van der Waals surface area contributed by atoms with E-state index in [0.717, 1.165) is 40.7 Å². The van der Waals surface area contributed by atoms with Gasteiger partial charge in [-0.2, -0.15) is 0 Å². The molecule has 0 radical (unpaired) electrons. The number of rotatable bonds is 9. The predicted octanol–water partition coefficient (Wildman–Crippen LogP) is 5.90. The maximum absolute atomic E-state index is 13.2. The SMILES string of the molecule is COC(=O)c1c(NC(=O)[C@@H](C)Sc2ccc(NC(=O)/C=C(/C)C(=O)O)cc2)sc2c1CC[C@@H](c1ccccc1)C2. The summed E-state index contributed by atoms with van der Waals surface area (Å²) < 4.78 is 5.07. The number of carbonyl (C=O) groups excluding carboxylic acids is 3. The summed E-state index contributed by atoms with van der Waals surface area (Å²) in [5, 5.41) is 14.5. The molecule has 3 aromatic rings. The van der Waals surface area contributed by atoms with Crippen LogP contribution < -0.4 is 10.6 Å². The molecule has 1 aromatic heterocycles. The van der Waals surface area contributed by atoms with E-state index in [-0.39, 0.29) is 11.5 Å². The van der Waals surface area contributed by atoms with E-state index in [1.165, 1.54) is 42.7 Å². The number of hydrogen-bond acceptors (Lipinski definition) is 7. The molecule has 3 N–H and O–H groups in total. The molecule has 8 nitrogen and oxygen atoms in total. The molecule has 4 rings (SSSR count). The monoisotopic (exact) mass is 578 g/mol. The highest BCUT2D eigenvalue weighted by molar-refractivity contribution is 8.00. The second-order valence-corrected chi connectivity index (χ2v) is 12.0. The molecule has 0 fully saturated rings. The van der Waals surface area contributed by atoms with E-state index in [0.29, 0.717) is 22.2 Å². The number of carbonyl (C=O) groups is 4. The number of carboxylic acids is 1. The van der Waals surface area contributed by atoms with Crippen LogP contribution in [0.4, 0.5) is 10.7 Å². The number of aliphatic carboxylic acids is 1. The Labute approximate surface area is 240 Å². The summed E-state index contributed by atoms with van der Waals surface area (Å²) in [6.07, 6.45) is 3.49. The van der Waals surface area contributed by atoms with Gasteiger partial charge in [-0.1, -0.05) is 30.3 Å². The van der Waals surface area contributed by atoms with Crippen molar-refractivity contribution in [2.45, 2.75) is 49.2 Å². The lowest BCUT2D eigenvalue weighted by Crippen LogP contribution is -2.23. The van der Waals surface area contributed by atoms with E-state index >= 15 is 0 Å². The molecule has 0 unspecified atom stereocenters. The molecule has 1 aliphatic rings. The zero-order valence-electron chi connectivity index (χ0n) is 22.4. The summed E-state index contributed by atoms with van der Waals surface area (Å²) in [6, 6.07) is 17.2. The molecular formula is C30H30N2O6S2. The van der Waals surface area contributed by atoms with Crippen molar-refractivity contribution in [3.63, 3.8) is 0 Å². The third-order valence-electron chi connectivity index (χ3n) is 6.65. The fourth-order valence-corrected chi connectivity index (χ4v) is 6.71. The van der Waals surface area contributed by atoms with Crippen LogP contribution >= 0.6 is 23.1 Å². The molecular weight excluding hydrogens is 548 g/mol. The Hall–Kier alpha value is -3.89. The third kappa shape index (κ3) is 7.00. The van der Waals surface area contributed by atoms with Crippen LogP contribution in [-0.2, 0) is 32.0 Å². The minimum absolute atomic E-state index is 0.0672. The number of hydrogen-bond donors (Lipinski definition) is 3. The quantitative estimate of drug-likeness (QED) is 0.164. The standard InChI is InChI=1S/C30H30N2O6S2/c1-17(29(35)36)15-25(33)31-21-10-12-22(13-11-21)39-18(2)27(34)32-28-26(30(37)38-3)23-14-9-20(16-24(23)40-28)19-7-5-4-6-8-19/h4-8,10-13,15,18,20H,9,14,16H2,1-3H3,(H,31,33)(H,32,34)(H,35,36)/b17-15-/t18-,20-/m1/s1. The summed E-state index contributed by atoms with van der Waals surface area (Å²) >= 11 is 2.79. The molecule has 40 heavy (non-hydrogen) atoms. The summed E-state index contributed by atoms with van der Waals surface area (Å²) in [5.41, 5.74) is 3.12. The van der Waals surface area contributed by atoms with Crippen molar-refractivity contribution in [2.75, 3.05) is 17.7 Å². The van der Waals surface area contributed by atoms with Gasteiger partial charge in [0.05, 0.1) is 17.9 Å². The maximum atomic E-state index is 13.2. The second kappa shape index (κ2) is 13.0. The van der Waals surface area contributed by atoms with Crippen LogP contribution in [0.5, 0.6) is 0 Å². The number of amides is 2. The van der Waals surface area contributed by atoms with Crippen LogP contribution in [-0.4, -0.2) is 41.2 Å². The first kappa shape index (κ1) is 29.1. The average molecular weight is 579 g/mol. The summed E-state index contributed by atoms with van der Waals surface area (Å²) in [4.78, 5) is 50.7. The van der Waals surface area contributed by atoms with Crippen molar-refractivity contribution in [2.24, 2.45) is 0 Å². The number of thioether (sulfide) groups is 1. The zero-order valence-corrected chi connectivity index (χ0v) is 24.0. The van der Waals surface area contributed by atoms with Crippen molar-refractivity contribution in [3.8, 4) is 0 Å². The highest BCUT2D eigenvalue weighted by Gasteiger charge is 2.31. The van der Waals surface area contributed by atoms with Crippen molar-refractivity contribution >= 4 is 57.5 Å². The van der Waals surface area contributed by atoms with E-state index in [2.05, 4.69) is 22.8 Å². The summed E-state index contributed by atoms with van der Waals surface area (Å²) in [6.45, 7) is 3.13. The number of ether oxygens (including phenoxy) is 1. The molecule has 1 aliphatic carbocycles. The molecule has 0 saturated heterocycles. The van der Waals surface area contributed by atoms with E-state index in [9.17, 15) is 19.2 Å². The Morgan fingerprint density at radius 2 is 1.77 bits per heavy atom. The maximum Gasteiger partial charge on any atom is 0.341 e. The number of nitrogens with one attached hydrogen (secondary N) is 2. The van der Waals surface area contributed by atoms with Crippen LogP contribution in [0.2, 0.25) is 0 Å². The number of esters is 1. The van der Waals surface area contributed by atoms with Gasteiger partial charge in [-0.25, -0.2) is 9.59 Å². The number of benzene rings is 2. The van der Waals surface area contributed by atoms with Crippen LogP contribution in [0.25, 0.3) is 0 Å². The van der Waals surface area contributed by atoms with Gasteiger partial charge >= 0.3 is 11.9 Å². The van der Waals surface area contributed by atoms with Gasteiger partial charge in [0.15, 0.2) is 0 Å². The van der Waals surface area contributed by atoms with E-state index in [1.807, 2.05) is 18.2 Å². The van der Waals surface area contributed by atoms with E-state index in [4.69, 9.17) is 9.84 Å². The first-order valence-corrected chi connectivity index (χ1v) is 14.4. The fraction of sp³-hybridized carbons (Fsp3) is 0.267. The molecule has 0 spiro atoms. The van der Waals surface area contributed by atoms with Gasteiger partial charge in [-0.05, 0) is 74.4 Å². The van der Waals surface area contributed by atoms with Gasteiger partial charge in [0.2, 0.25) is 11.8 Å². The summed E-state index contributed by atoms with van der Waals surface area (Å²) in [5.74, 6) is -2.02. The van der Waals surface area contributed by atoms with Gasteiger partial charge in [0.1, 0.15) is 5.00 Å². The first-order chi connectivity index (χ1) is 19.2. The molecule has 0 aliphatic heterocycles. The van der Waals surface area contributed by atoms with E-state index < -0.39 is 23.1 Å². The van der Waals surface area contributed by atoms with Crippen LogP contribution in [0.1, 0.15) is 52.5 Å². The van der Waals surface area contributed by atoms with Crippen molar-refractivity contribution in [3.05, 3.63) is 87.8 Å². The molecule has 208 valence electrons. The predicted molar refractivity (Wildman–Crippen MR) is 157 cm³/mol. The normalized spacial score (nSPS) is 15.5. The largest absolute Gasteiger partial charge is 0.478 e. The Morgan fingerprint density at radius 1 is 1.07 bits per heavy atom. The van der Waals surface area contributed by atoms with Crippen molar-refractivity contribution in [1.82, 2.24) is 0 Å². The number of carboxylic acid groups (broad SMARTS) is 1. The van der Waals surface area contributed by atoms with Crippen LogP contribution in [0.3, 0.4) is 0 Å². The van der Waals surface area contributed by atoms with Gasteiger partial charge in [0.25, 0.3) is 0 Å². The van der Waals surface area contributed by atoms with Gasteiger partial charge in [-0.3, -0.25) is 9.59 Å². The molecule has 0 bridgehead atoms. The zero-order chi connectivity index (χ0) is 28.8. The molecule has 2 atom stereocenters. The van der Waals surface area contributed by atoms with Crippen molar-refractivity contribution in [1.29, 1.82) is 0 Å². The smallest absolute Gasteiger partial charge is 0.341 e. The van der Waals surface area contributed by atoms with Gasteiger partial charge in [0, 0.05) is 27.1 Å². The van der Waals surface area contributed by atoms with Crippen LogP contribution in [0, 0.1) is 0 Å². The van der Waals surface area contributed by atoms with Crippen molar-refractivity contribution < 1.29 is 29.0 Å². The lowest BCUT2D eigenvalue weighted by atomic mass is 9.83. The molecule has 0 saturated carbocycles. The fourth-order valence-electron chi connectivity index (χ4n) is 4.53. The highest BCUT2D eigenvalue weighted by Crippen LogP contribution is 2.43. The number of fused-ring (bicyclic) bond motifs is 1. The molecule has 2 aromatic carbocycles. The number of anilines is 2. The Kier molecular flexibility index (Phi) is 9.44. The van der Waals surface area contributed by atoms with Gasteiger partial charge < -0.3 is 20.5 Å². The lowest BCUT2D eigenvalue weighted by Gasteiger charge is -2.22. The average Bonchev–Trinajstić information content (AvgIpc) is 3.30. The van der Waals surface area contributed by atoms with Gasteiger partial charge in [-0.15, -0.1) is 23.1 Å². The Bertz CT molecular complexity index is 1450. The molecule has 10 heteroatoms. The third-order valence-corrected chi connectivity index (χ3v) is 8.93. The molecule has 1 heterocycles. The number of thiophene rings is 1. The number of methoxy groups -OCH3 is 1. The summed E-state index contributed by atoms with van der Waals surface area (Å²) in [7, 11) is 1.35. The Balaban J connectivity index is 1.42. The van der Waals surface area contributed by atoms with E-state index in [1.54, 1.807) is 31.2 Å².